The number of ether oxygens (including phenoxy) is 2. The first kappa shape index (κ1) is 12.4. The number of carbonyl (C=O) groups excluding carboxylic acids is 1. The maximum Gasteiger partial charge on any atom is 0.411 e. The lowest BCUT2D eigenvalue weighted by atomic mass is 10.2. The van der Waals surface area contributed by atoms with Crippen molar-refractivity contribution in [2.75, 3.05) is 12.4 Å². The van der Waals surface area contributed by atoms with E-state index < -0.39 is 6.09 Å². The third kappa shape index (κ3) is 4.21. The molecule has 1 rings (SSSR count). The summed E-state index contributed by atoms with van der Waals surface area (Å²) < 4.78 is 10.2. The van der Waals surface area contributed by atoms with Crippen LogP contribution in [0.4, 0.5) is 10.5 Å². The lowest BCUT2D eigenvalue weighted by Gasteiger charge is -2.21. The molecule has 0 bridgehead atoms. The minimum absolute atomic E-state index is 0.260. The molecule has 1 N–H and O–H groups in total. The van der Waals surface area contributed by atoms with Gasteiger partial charge >= 0.3 is 6.09 Å². The smallest absolute Gasteiger partial charge is 0.411 e. The van der Waals surface area contributed by atoms with Gasteiger partial charge in [-0.3, -0.25) is 5.32 Å². The van der Waals surface area contributed by atoms with E-state index in [0.29, 0.717) is 11.4 Å². The van der Waals surface area contributed by atoms with Gasteiger partial charge in [-0.05, 0) is 32.9 Å². The first-order chi connectivity index (χ1) is 7.40. The summed E-state index contributed by atoms with van der Waals surface area (Å²) >= 11 is 0. The van der Waals surface area contributed by atoms with Crippen LogP contribution in [-0.4, -0.2) is 18.8 Å². The third-order valence-electron chi connectivity index (χ3n) is 1.69. The zero-order valence-electron chi connectivity index (χ0n) is 10.0. The average molecular weight is 223 g/mol. The van der Waals surface area contributed by atoms with Crippen molar-refractivity contribution in [2.45, 2.75) is 26.4 Å². The molecule has 88 valence electrons. The summed E-state index contributed by atoms with van der Waals surface area (Å²) in [7, 11) is 1.32. The summed E-state index contributed by atoms with van der Waals surface area (Å²) in [5, 5.41) is 2.58. The number of hydrogen-bond acceptors (Lipinski definition) is 3. The van der Waals surface area contributed by atoms with Crippen molar-refractivity contribution in [1.29, 1.82) is 0 Å². The molecule has 0 fully saturated rings. The van der Waals surface area contributed by atoms with Crippen molar-refractivity contribution in [2.24, 2.45) is 0 Å². The summed E-state index contributed by atoms with van der Waals surface area (Å²) in [6.07, 6.45) is -0.493. The summed E-state index contributed by atoms with van der Waals surface area (Å²) in [6, 6.07) is 7.18. The first-order valence-electron chi connectivity index (χ1n) is 5.05. The van der Waals surface area contributed by atoms with Crippen molar-refractivity contribution in [1.82, 2.24) is 0 Å². The molecule has 4 nitrogen and oxygen atoms in total. The van der Waals surface area contributed by atoms with Crippen LogP contribution in [-0.2, 0) is 4.74 Å². The number of benzene rings is 1. The topological polar surface area (TPSA) is 47.6 Å². The molecule has 0 aliphatic rings. The molecular weight excluding hydrogens is 206 g/mol. The summed E-state index contributed by atoms with van der Waals surface area (Å²) in [5.74, 6) is 0.710. The van der Waals surface area contributed by atoms with Crippen LogP contribution in [0.1, 0.15) is 20.8 Å². The Labute approximate surface area is 95.6 Å². The Morgan fingerprint density at radius 3 is 2.56 bits per heavy atom. The van der Waals surface area contributed by atoms with Gasteiger partial charge in [0.1, 0.15) is 11.4 Å². The van der Waals surface area contributed by atoms with E-state index >= 15 is 0 Å². The molecular formula is C12H17NO3. The van der Waals surface area contributed by atoms with Gasteiger partial charge in [-0.15, -0.1) is 0 Å². The SMILES string of the molecule is COC(=O)Nc1cccc(OC(C)(C)C)c1. The van der Waals surface area contributed by atoms with E-state index in [4.69, 9.17) is 4.74 Å². The zero-order chi connectivity index (χ0) is 12.2. The second kappa shape index (κ2) is 4.88. The molecule has 0 atom stereocenters. The van der Waals surface area contributed by atoms with Gasteiger partial charge in [0.15, 0.2) is 0 Å². The average Bonchev–Trinajstić information content (AvgIpc) is 2.15. The fourth-order valence-corrected chi connectivity index (χ4v) is 1.16. The molecule has 16 heavy (non-hydrogen) atoms. The van der Waals surface area contributed by atoms with Crippen molar-refractivity contribution in [3.05, 3.63) is 24.3 Å². The van der Waals surface area contributed by atoms with Crippen LogP contribution in [0, 0.1) is 0 Å². The van der Waals surface area contributed by atoms with E-state index in [2.05, 4.69) is 10.1 Å². The maximum atomic E-state index is 11.0. The standard InChI is InChI=1S/C12H17NO3/c1-12(2,3)16-10-7-5-6-9(8-10)13-11(14)15-4/h5-8H,1-4H3,(H,13,14). The predicted octanol–water partition coefficient (Wildman–Crippen LogP) is 3.04. The van der Waals surface area contributed by atoms with Crippen molar-refractivity contribution < 1.29 is 14.3 Å². The number of anilines is 1. The van der Waals surface area contributed by atoms with Crippen LogP contribution >= 0.6 is 0 Å². The van der Waals surface area contributed by atoms with Crippen LogP contribution in [0.15, 0.2) is 24.3 Å². The highest BCUT2D eigenvalue weighted by atomic mass is 16.5. The molecule has 0 aromatic heterocycles. The number of nitrogens with one attached hydrogen (secondary N) is 1. The van der Waals surface area contributed by atoms with Gasteiger partial charge in [0.05, 0.1) is 7.11 Å². The molecule has 1 aromatic rings. The molecule has 1 amide bonds. The van der Waals surface area contributed by atoms with Crippen LogP contribution in [0.2, 0.25) is 0 Å². The fraction of sp³-hybridized carbons (Fsp3) is 0.417. The Kier molecular flexibility index (Phi) is 3.77. The Bertz CT molecular complexity index is 369. The quantitative estimate of drug-likeness (QED) is 0.838. The van der Waals surface area contributed by atoms with Gasteiger partial charge in [0.2, 0.25) is 0 Å². The number of methoxy groups -OCH3 is 1. The van der Waals surface area contributed by atoms with Gasteiger partial charge in [0.25, 0.3) is 0 Å². The second-order valence-corrected chi connectivity index (χ2v) is 4.36. The van der Waals surface area contributed by atoms with Gasteiger partial charge in [-0.2, -0.15) is 0 Å². The molecule has 0 unspecified atom stereocenters. The third-order valence-corrected chi connectivity index (χ3v) is 1.69. The van der Waals surface area contributed by atoms with E-state index in [1.54, 1.807) is 12.1 Å². The molecule has 4 heteroatoms. The van der Waals surface area contributed by atoms with E-state index in [1.807, 2.05) is 32.9 Å². The molecule has 0 aliphatic heterocycles. The van der Waals surface area contributed by atoms with Crippen molar-refractivity contribution in [3.8, 4) is 5.75 Å². The normalized spacial score (nSPS) is 10.8. The Balaban J connectivity index is 2.75. The molecule has 0 radical (unpaired) electrons. The van der Waals surface area contributed by atoms with Gasteiger partial charge in [-0.25, -0.2) is 4.79 Å². The fourth-order valence-electron chi connectivity index (χ4n) is 1.16. The molecule has 1 aromatic carbocycles. The lowest BCUT2D eigenvalue weighted by Crippen LogP contribution is -2.23. The van der Waals surface area contributed by atoms with E-state index in [1.165, 1.54) is 7.11 Å². The van der Waals surface area contributed by atoms with E-state index in [0.717, 1.165) is 0 Å². The lowest BCUT2D eigenvalue weighted by molar-refractivity contribution is 0.131. The number of hydrogen-bond donors (Lipinski definition) is 1. The minimum atomic E-state index is -0.493. The van der Waals surface area contributed by atoms with E-state index in [9.17, 15) is 4.79 Å². The number of amides is 1. The molecule has 0 aliphatic carbocycles. The Hall–Kier alpha value is -1.71. The highest BCUT2D eigenvalue weighted by molar-refractivity contribution is 5.84. The Morgan fingerprint density at radius 1 is 1.31 bits per heavy atom. The van der Waals surface area contributed by atoms with Crippen LogP contribution < -0.4 is 10.1 Å². The molecule has 0 heterocycles. The predicted molar refractivity (Wildman–Crippen MR) is 62.9 cm³/mol. The van der Waals surface area contributed by atoms with Crippen molar-refractivity contribution >= 4 is 11.8 Å². The summed E-state index contributed by atoms with van der Waals surface area (Å²) in [4.78, 5) is 11.0. The highest BCUT2D eigenvalue weighted by Crippen LogP contribution is 2.21. The highest BCUT2D eigenvalue weighted by Gasteiger charge is 2.12. The minimum Gasteiger partial charge on any atom is -0.488 e. The van der Waals surface area contributed by atoms with Crippen molar-refractivity contribution in [3.63, 3.8) is 0 Å². The van der Waals surface area contributed by atoms with E-state index in [-0.39, 0.29) is 5.60 Å². The van der Waals surface area contributed by atoms with Crippen LogP contribution in [0.5, 0.6) is 5.75 Å². The van der Waals surface area contributed by atoms with Crippen LogP contribution in [0.25, 0.3) is 0 Å². The maximum absolute atomic E-state index is 11.0. The Morgan fingerprint density at radius 2 is 2.00 bits per heavy atom. The second-order valence-electron chi connectivity index (χ2n) is 4.36. The summed E-state index contributed by atoms with van der Waals surface area (Å²) in [6.45, 7) is 5.90. The van der Waals surface area contributed by atoms with Crippen LogP contribution in [0.3, 0.4) is 0 Å². The molecule has 0 saturated heterocycles. The van der Waals surface area contributed by atoms with Gasteiger partial charge < -0.3 is 9.47 Å². The first-order valence-corrected chi connectivity index (χ1v) is 5.05. The monoisotopic (exact) mass is 223 g/mol. The molecule has 0 saturated carbocycles. The summed E-state index contributed by atoms with van der Waals surface area (Å²) in [5.41, 5.74) is 0.387. The largest absolute Gasteiger partial charge is 0.488 e. The molecule has 0 spiro atoms. The number of carbonyl (C=O) groups is 1. The van der Waals surface area contributed by atoms with Gasteiger partial charge in [0, 0.05) is 11.8 Å². The number of rotatable bonds is 2. The zero-order valence-corrected chi connectivity index (χ0v) is 10.0. The van der Waals surface area contributed by atoms with Gasteiger partial charge in [-0.1, -0.05) is 6.07 Å².